The monoisotopic (exact) mass is 458 g/mol. The Morgan fingerprint density at radius 2 is 1.79 bits per heavy atom. The molecule has 33 heavy (non-hydrogen) atoms. The van der Waals surface area contributed by atoms with Crippen LogP contribution in [0.25, 0.3) is 11.4 Å². The third kappa shape index (κ3) is 4.85. The minimum Gasteiger partial charge on any atom is -0.382 e. The van der Waals surface area contributed by atoms with Gasteiger partial charge in [-0.05, 0) is 37.1 Å². The molecule has 1 aliphatic heterocycles. The number of anilines is 3. The zero-order chi connectivity index (χ0) is 23.6. The Morgan fingerprint density at radius 1 is 1.09 bits per heavy atom. The highest BCUT2D eigenvalue weighted by atomic mass is 19.4. The molecule has 0 bridgehead atoms. The Hall–Kier alpha value is -3.80. The maximum absolute atomic E-state index is 13.4. The topological polar surface area (TPSA) is 136 Å². The summed E-state index contributed by atoms with van der Waals surface area (Å²) in [5.74, 6) is -0.394. The van der Waals surface area contributed by atoms with Crippen molar-refractivity contribution >= 4 is 23.2 Å². The van der Waals surface area contributed by atoms with Gasteiger partial charge in [-0.2, -0.15) is 13.2 Å². The van der Waals surface area contributed by atoms with Gasteiger partial charge in [0, 0.05) is 31.5 Å². The van der Waals surface area contributed by atoms with E-state index in [-0.39, 0.29) is 23.2 Å². The quantitative estimate of drug-likeness (QED) is 0.543. The van der Waals surface area contributed by atoms with Gasteiger partial charge in [-0.25, -0.2) is 15.0 Å². The Labute approximate surface area is 187 Å². The molecule has 0 aliphatic carbocycles. The van der Waals surface area contributed by atoms with E-state index < -0.39 is 23.3 Å². The summed E-state index contributed by atoms with van der Waals surface area (Å²) in [6.07, 6.45) is 0.780. The summed E-state index contributed by atoms with van der Waals surface area (Å²) < 4.78 is 40.2. The first-order valence-corrected chi connectivity index (χ1v) is 10.2. The highest BCUT2D eigenvalue weighted by molar-refractivity contribution is 6.07. The molecule has 0 atom stereocenters. The molecule has 4 rings (SSSR count). The highest BCUT2D eigenvalue weighted by Crippen LogP contribution is 2.35. The number of aromatic nitrogens is 4. The number of hydrogen-bond acceptors (Lipinski definition) is 8. The third-order valence-corrected chi connectivity index (χ3v) is 5.25. The number of halogens is 3. The van der Waals surface area contributed by atoms with Crippen molar-refractivity contribution < 1.29 is 18.0 Å². The van der Waals surface area contributed by atoms with Crippen LogP contribution < -0.4 is 21.7 Å². The third-order valence-electron chi connectivity index (χ3n) is 5.25. The van der Waals surface area contributed by atoms with Gasteiger partial charge in [-0.15, -0.1) is 0 Å². The zero-order valence-corrected chi connectivity index (χ0v) is 17.4. The number of hydrogen-bond donors (Lipinski definition) is 3. The molecule has 9 nitrogen and oxygen atoms in total. The zero-order valence-electron chi connectivity index (χ0n) is 17.4. The second kappa shape index (κ2) is 8.98. The first kappa shape index (κ1) is 22.4. The van der Waals surface area contributed by atoms with E-state index in [2.05, 4.69) is 25.3 Å². The molecule has 1 aliphatic rings. The van der Waals surface area contributed by atoms with Crippen molar-refractivity contribution in [3.8, 4) is 11.4 Å². The molecule has 5 N–H and O–H groups in total. The standard InChI is InChI=1S/C21H21F3N8O/c22-21(23,24)13-3-1-7-27-16(13)15-11-29-18(26)17(30-15)20(33)31-14-4-2-8-28-19(14)32-9-5-12(25)6-10-32/h1-4,7-8,11-12H,5-6,9-10,25H2,(H2,26,29)(H,31,33). The molecule has 1 saturated heterocycles. The van der Waals surface area contributed by atoms with Crippen molar-refractivity contribution in [2.75, 3.05) is 29.0 Å². The maximum Gasteiger partial charge on any atom is 0.418 e. The molecule has 0 unspecified atom stereocenters. The van der Waals surface area contributed by atoms with Gasteiger partial charge in [0.05, 0.1) is 17.4 Å². The van der Waals surface area contributed by atoms with Gasteiger partial charge in [-0.3, -0.25) is 9.78 Å². The van der Waals surface area contributed by atoms with Gasteiger partial charge in [0.1, 0.15) is 11.4 Å². The first-order chi connectivity index (χ1) is 15.7. The molecule has 4 heterocycles. The predicted octanol–water partition coefficient (Wildman–Crippen LogP) is 2.71. The van der Waals surface area contributed by atoms with E-state index in [0.29, 0.717) is 24.6 Å². The summed E-state index contributed by atoms with van der Waals surface area (Å²) in [7, 11) is 0. The van der Waals surface area contributed by atoms with Gasteiger partial charge >= 0.3 is 6.18 Å². The Balaban J connectivity index is 1.64. The lowest BCUT2D eigenvalue weighted by Crippen LogP contribution is -2.40. The number of rotatable bonds is 4. The predicted molar refractivity (Wildman–Crippen MR) is 116 cm³/mol. The molecule has 0 aromatic carbocycles. The minimum absolute atomic E-state index is 0.119. The van der Waals surface area contributed by atoms with E-state index in [0.717, 1.165) is 25.1 Å². The van der Waals surface area contributed by atoms with Crippen molar-refractivity contribution in [3.63, 3.8) is 0 Å². The summed E-state index contributed by atoms with van der Waals surface area (Å²) in [4.78, 5) is 31.1. The Bertz CT molecular complexity index is 1160. The molecule has 1 fully saturated rings. The molecule has 3 aromatic rings. The number of nitrogens with one attached hydrogen (secondary N) is 1. The number of nitrogen functional groups attached to an aromatic ring is 1. The fourth-order valence-electron chi connectivity index (χ4n) is 3.56. The highest BCUT2D eigenvalue weighted by Gasteiger charge is 2.35. The molecule has 0 radical (unpaired) electrons. The summed E-state index contributed by atoms with van der Waals surface area (Å²) in [6.45, 7) is 1.36. The van der Waals surface area contributed by atoms with Gasteiger partial charge in [0.15, 0.2) is 17.3 Å². The summed E-state index contributed by atoms with van der Waals surface area (Å²) in [5, 5.41) is 2.70. The van der Waals surface area contributed by atoms with Gasteiger partial charge in [0.2, 0.25) is 0 Å². The molecular formula is C21H21F3N8O. The van der Waals surface area contributed by atoms with Crippen LogP contribution in [-0.4, -0.2) is 45.0 Å². The van der Waals surface area contributed by atoms with Crippen LogP contribution >= 0.6 is 0 Å². The number of carbonyl (C=O) groups is 1. The molecule has 0 saturated carbocycles. The van der Waals surface area contributed by atoms with Gasteiger partial charge in [0.25, 0.3) is 5.91 Å². The second-order valence-electron chi connectivity index (χ2n) is 7.54. The van der Waals surface area contributed by atoms with Crippen LogP contribution in [0.15, 0.2) is 42.9 Å². The minimum atomic E-state index is -4.66. The molecule has 172 valence electrons. The summed E-state index contributed by atoms with van der Waals surface area (Å²) in [6, 6.07) is 5.50. The second-order valence-corrected chi connectivity index (χ2v) is 7.54. The number of nitrogens with two attached hydrogens (primary N) is 2. The Morgan fingerprint density at radius 3 is 2.52 bits per heavy atom. The van der Waals surface area contributed by atoms with Crippen molar-refractivity contribution in [3.05, 3.63) is 54.1 Å². The smallest absolute Gasteiger partial charge is 0.382 e. The van der Waals surface area contributed by atoms with E-state index in [4.69, 9.17) is 11.5 Å². The molecule has 0 spiro atoms. The number of nitrogens with zero attached hydrogens (tertiary/aromatic N) is 5. The normalized spacial score (nSPS) is 14.8. The van der Waals surface area contributed by atoms with Crippen LogP contribution in [0.4, 0.5) is 30.5 Å². The fraction of sp³-hybridized carbons (Fsp3) is 0.286. The van der Waals surface area contributed by atoms with E-state index >= 15 is 0 Å². The van der Waals surface area contributed by atoms with Gasteiger partial charge < -0.3 is 21.7 Å². The van der Waals surface area contributed by atoms with Crippen LogP contribution in [0.5, 0.6) is 0 Å². The van der Waals surface area contributed by atoms with Crippen LogP contribution in [0, 0.1) is 0 Å². The largest absolute Gasteiger partial charge is 0.418 e. The number of alkyl halides is 3. The Kier molecular flexibility index (Phi) is 6.09. The van der Waals surface area contributed by atoms with E-state index in [1.165, 1.54) is 12.3 Å². The van der Waals surface area contributed by atoms with E-state index in [1.807, 2.05) is 4.90 Å². The summed E-state index contributed by atoms with van der Waals surface area (Å²) >= 11 is 0. The average molecular weight is 458 g/mol. The molecule has 3 aromatic heterocycles. The summed E-state index contributed by atoms with van der Waals surface area (Å²) in [5.41, 5.74) is 10.2. The maximum atomic E-state index is 13.4. The van der Waals surface area contributed by atoms with Crippen LogP contribution in [0.2, 0.25) is 0 Å². The first-order valence-electron chi connectivity index (χ1n) is 10.2. The van der Waals surface area contributed by atoms with Crippen molar-refractivity contribution in [2.45, 2.75) is 25.1 Å². The van der Waals surface area contributed by atoms with Crippen LogP contribution in [0.3, 0.4) is 0 Å². The van der Waals surface area contributed by atoms with E-state index in [9.17, 15) is 18.0 Å². The molecule has 1 amide bonds. The lowest BCUT2D eigenvalue weighted by molar-refractivity contribution is -0.137. The SMILES string of the molecule is Nc1ncc(-c2ncccc2C(F)(F)F)nc1C(=O)Nc1cccnc1N1CCC(N)CC1. The number of piperidine rings is 1. The lowest BCUT2D eigenvalue weighted by Gasteiger charge is -2.32. The lowest BCUT2D eigenvalue weighted by atomic mass is 10.1. The molecular weight excluding hydrogens is 437 g/mol. The van der Waals surface area contributed by atoms with Crippen molar-refractivity contribution in [1.29, 1.82) is 0 Å². The molecule has 12 heteroatoms. The fourth-order valence-corrected chi connectivity index (χ4v) is 3.56. The number of pyridine rings is 2. The average Bonchev–Trinajstić information content (AvgIpc) is 2.80. The van der Waals surface area contributed by atoms with E-state index in [1.54, 1.807) is 18.3 Å². The van der Waals surface area contributed by atoms with Crippen molar-refractivity contribution in [2.24, 2.45) is 5.73 Å². The van der Waals surface area contributed by atoms with Crippen LogP contribution in [-0.2, 0) is 6.18 Å². The van der Waals surface area contributed by atoms with Crippen LogP contribution in [0.1, 0.15) is 28.9 Å². The van der Waals surface area contributed by atoms with Gasteiger partial charge in [-0.1, -0.05) is 0 Å². The number of carbonyl (C=O) groups excluding carboxylic acids is 1. The number of amides is 1. The van der Waals surface area contributed by atoms with Crippen molar-refractivity contribution in [1.82, 2.24) is 19.9 Å².